The number of carboxylic acid groups (broad SMARTS) is 1. The van der Waals surface area contributed by atoms with Gasteiger partial charge in [0.05, 0.1) is 13.0 Å². The van der Waals surface area contributed by atoms with Crippen LogP contribution in [-0.4, -0.2) is 24.2 Å². The van der Waals surface area contributed by atoms with Crippen molar-refractivity contribution in [2.75, 3.05) is 7.11 Å². The molecular formula is C8H14O4. The Labute approximate surface area is 71.5 Å². The van der Waals surface area contributed by atoms with Gasteiger partial charge in [0.25, 0.3) is 0 Å². The van der Waals surface area contributed by atoms with Crippen molar-refractivity contribution in [3.8, 4) is 0 Å². The molecule has 1 N–H and O–H groups in total. The molecule has 0 aliphatic rings. The standard InChI is InChI=1S/C8H14O4/c1-6(8(10)11)4-3-5-7(9)12-2/h6H,3-5H2,1-2H3,(H,10,11)/t6-/m0/s1. The molecule has 0 aromatic heterocycles. The van der Waals surface area contributed by atoms with Gasteiger partial charge in [-0.1, -0.05) is 6.92 Å². The Hall–Kier alpha value is -1.06. The van der Waals surface area contributed by atoms with E-state index in [9.17, 15) is 9.59 Å². The van der Waals surface area contributed by atoms with Gasteiger partial charge in [0.15, 0.2) is 0 Å². The zero-order valence-corrected chi connectivity index (χ0v) is 7.37. The van der Waals surface area contributed by atoms with Gasteiger partial charge in [-0.2, -0.15) is 0 Å². The number of ether oxygens (including phenoxy) is 1. The number of hydrogen-bond donors (Lipinski definition) is 1. The van der Waals surface area contributed by atoms with Gasteiger partial charge in [-0.3, -0.25) is 9.59 Å². The van der Waals surface area contributed by atoms with E-state index in [1.807, 2.05) is 0 Å². The summed E-state index contributed by atoms with van der Waals surface area (Å²) in [4.78, 5) is 20.9. The molecule has 0 heterocycles. The van der Waals surface area contributed by atoms with E-state index in [1.54, 1.807) is 6.92 Å². The summed E-state index contributed by atoms with van der Waals surface area (Å²) in [6.45, 7) is 1.62. The summed E-state index contributed by atoms with van der Waals surface area (Å²) in [5.74, 6) is -1.48. The number of aliphatic carboxylic acids is 1. The predicted molar refractivity (Wildman–Crippen MR) is 42.7 cm³/mol. The van der Waals surface area contributed by atoms with Crippen LogP contribution in [0.1, 0.15) is 26.2 Å². The maximum absolute atomic E-state index is 10.6. The van der Waals surface area contributed by atoms with Crippen LogP contribution >= 0.6 is 0 Å². The zero-order valence-electron chi connectivity index (χ0n) is 7.37. The highest BCUT2D eigenvalue weighted by Gasteiger charge is 2.10. The minimum atomic E-state index is -0.820. The molecule has 4 heteroatoms. The third-order valence-electron chi connectivity index (χ3n) is 1.67. The summed E-state index contributed by atoms with van der Waals surface area (Å²) in [5, 5.41) is 8.49. The maximum Gasteiger partial charge on any atom is 0.306 e. The van der Waals surface area contributed by atoms with Gasteiger partial charge in [-0.05, 0) is 12.8 Å². The van der Waals surface area contributed by atoms with Gasteiger partial charge in [0.1, 0.15) is 0 Å². The van der Waals surface area contributed by atoms with Crippen LogP contribution in [0.15, 0.2) is 0 Å². The first kappa shape index (κ1) is 10.9. The van der Waals surface area contributed by atoms with Crippen LogP contribution in [0.3, 0.4) is 0 Å². The van der Waals surface area contributed by atoms with E-state index in [4.69, 9.17) is 5.11 Å². The first-order chi connectivity index (χ1) is 5.57. The SMILES string of the molecule is COC(=O)CCC[C@H](C)C(=O)O. The van der Waals surface area contributed by atoms with Gasteiger partial charge < -0.3 is 9.84 Å². The molecule has 0 aromatic carbocycles. The van der Waals surface area contributed by atoms with E-state index >= 15 is 0 Å². The lowest BCUT2D eigenvalue weighted by atomic mass is 10.0. The van der Waals surface area contributed by atoms with E-state index in [-0.39, 0.29) is 11.9 Å². The molecule has 0 saturated heterocycles. The van der Waals surface area contributed by atoms with Gasteiger partial charge in [-0.25, -0.2) is 0 Å². The van der Waals surface area contributed by atoms with Gasteiger partial charge >= 0.3 is 11.9 Å². The highest BCUT2D eigenvalue weighted by molar-refractivity contribution is 5.70. The quantitative estimate of drug-likeness (QED) is 0.633. The molecule has 0 amide bonds. The van der Waals surface area contributed by atoms with Gasteiger partial charge in [0, 0.05) is 6.42 Å². The summed E-state index contributed by atoms with van der Waals surface area (Å²) < 4.78 is 4.41. The lowest BCUT2D eigenvalue weighted by molar-refractivity contribution is -0.143. The van der Waals surface area contributed by atoms with Crippen molar-refractivity contribution in [2.24, 2.45) is 5.92 Å². The third-order valence-corrected chi connectivity index (χ3v) is 1.67. The molecule has 1 atom stereocenters. The summed E-state index contributed by atoms with van der Waals surface area (Å²) in [7, 11) is 1.32. The summed E-state index contributed by atoms with van der Waals surface area (Å²) >= 11 is 0. The lowest BCUT2D eigenvalue weighted by Gasteiger charge is -2.03. The molecule has 0 fully saturated rings. The Morgan fingerprint density at radius 2 is 2.08 bits per heavy atom. The number of carbonyl (C=O) groups is 2. The fourth-order valence-electron chi connectivity index (χ4n) is 0.778. The van der Waals surface area contributed by atoms with Crippen LogP contribution in [0.5, 0.6) is 0 Å². The van der Waals surface area contributed by atoms with E-state index in [0.29, 0.717) is 19.3 Å². The minimum absolute atomic E-state index is 0.285. The average molecular weight is 174 g/mol. The van der Waals surface area contributed by atoms with Crippen LogP contribution < -0.4 is 0 Å². The Balaban J connectivity index is 3.43. The van der Waals surface area contributed by atoms with Crippen LogP contribution in [0.2, 0.25) is 0 Å². The molecule has 0 spiro atoms. The van der Waals surface area contributed by atoms with Crippen LogP contribution in [-0.2, 0) is 14.3 Å². The van der Waals surface area contributed by atoms with Crippen LogP contribution in [0.4, 0.5) is 0 Å². The molecule has 0 aliphatic carbocycles. The number of hydrogen-bond acceptors (Lipinski definition) is 3. The molecule has 0 aromatic rings. The topological polar surface area (TPSA) is 63.6 Å². The Bertz CT molecular complexity index is 164. The van der Waals surface area contributed by atoms with Crippen molar-refractivity contribution in [2.45, 2.75) is 26.2 Å². The van der Waals surface area contributed by atoms with E-state index in [2.05, 4.69) is 4.74 Å². The molecule has 0 saturated carbocycles. The summed E-state index contributed by atoms with van der Waals surface area (Å²) in [6, 6.07) is 0. The van der Waals surface area contributed by atoms with Crippen molar-refractivity contribution in [3.05, 3.63) is 0 Å². The van der Waals surface area contributed by atoms with Gasteiger partial charge in [0.2, 0.25) is 0 Å². The van der Waals surface area contributed by atoms with Crippen molar-refractivity contribution in [1.82, 2.24) is 0 Å². The second-order valence-electron chi connectivity index (χ2n) is 2.71. The zero-order chi connectivity index (χ0) is 9.56. The highest BCUT2D eigenvalue weighted by Crippen LogP contribution is 2.07. The fraction of sp³-hybridized carbons (Fsp3) is 0.750. The molecular weight excluding hydrogens is 160 g/mol. The molecule has 0 rings (SSSR count). The highest BCUT2D eigenvalue weighted by atomic mass is 16.5. The third kappa shape index (κ3) is 4.71. The van der Waals surface area contributed by atoms with E-state index < -0.39 is 5.97 Å². The molecule has 0 unspecified atom stereocenters. The van der Waals surface area contributed by atoms with E-state index in [1.165, 1.54) is 7.11 Å². The van der Waals surface area contributed by atoms with Crippen molar-refractivity contribution in [3.63, 3.8) is 0 Å². The minimum Gasteiger partial charge on any atom is -0.481 e. The van der Waals surface area contributed by atoms with Crippen molar-refractivity contribution in [1.29, 1.82) is 0 Å². The average Bonchev–Trinajstić information content (AvgIpc) is 2.03. The predicted octanol–water partition coefficient (Wildman–Crippen LogP) is 1.05. The Morgan fingerprint density at radius 1 is 1.50 bits per heavy atom. The largest absolute Gasteiger partial charge is 0.481 e. The molecule has 12 heavy (non-hydrogen) atoms. The maximum atomic E-state index is 10.6. The second kappa shape index (κ2) is 5.57. The molecule has 70 valence electrons. The molecule has 4 nitrogen and oxygen atoms in total. The molecule has 0 bridgehead atoms. The molecule has 0 aliphatic heterocycles. The Kier molecular flexibility index (Phi) is 5.08. The summed E-state index contributed by atoms with van der Waals surface area (Å²) in [5.41, 5.74) is 0. The normalized spacial score (nSPS) is 12.2. The number of methoxy groups -OCH3 is 1. The number of esters is 1. The summed E-state index contributed by atoms with van der Waals surface area (Å²) in [6.07, 6.45) is 1.39. The van der Waals surface area contributed by atoms with E-state index in [0.717, 1.165) is 0 Å². The second-order valence-corrected chi connectivity index (χ2v) is 2.71. The smallest absolute Gasteiger partial charge is 0.306 e. The van der Waals surface area contributed by atoms with Crippen LogP contribution in [0.25, 0.3) is 0 Å². The number of rotatable bonds is 5. The fourth-order valence-corrected chi connectivity index (χ4v) is 0.778. The first-order valence-electron chi connectivity index (χ1n) is 3.87. The lowest BCUT2D eigenvalue weighted by Crippen LogP contribution is -2.10. The van der Waals surface area contributed by atoms with Crippen molar-refractivity contribution < 1.29 is 19.4 Å². The molecule has 0 radical (unpaired) electrons. The van der Waals surface area contributed by atoms with Crippen LogP contribution in [0, 0.1) is 5.92 Å². The van der Waals surface area contributed by atoms with Gasteiger partial charge in [-0.15, -0.1) is 0 Å². The first-order valence-corrected chi connectivity index (χ1v) is 3.87. The number of carboxylic acids is 1. The monoisotopic (exact) mass is 174 g/mol. The number of carbonyl (C=O) groups excluding carboxylic acids is 1. The Morgan fingerprint density at radius 3 is 2.50 bits per heavy atom. The van der Waals surface area contributed by atoms with Crippen molar-refractivity contribution >= 4 is 11.9 Å².